The normalized spacial score (nSPS) is 29.1. The van der Waals surface area contributed by atoms with Gasteiger partial charge in [-0.2, -0.15) is 18.3 Å². The smallest absolute Gasteiger partial charge is 0.346 e. The molecule has 3 aromatic rings. The number of amides is 1. The van der Waals surface area contributed by atoms with Crippen LogP contribution in [-0.4, -0.2) is 21.2 Å². The second-order valence-electron chi connectivity index (χ2n) is 10.0. The van der Waals surface area contributed by atoms with Crippen LogP contribution >= 0.6 is 11.3 Å². The molecule has 1 N–H and O–H groups in total. The minimum atomic E-state index is -4.42. The van der Waals surface area contributed by atoms with Crippen LogP contribution in [0.4, 0.5) is 13.2 Å². The van der Waals surface area contributed by atoms with Gasteiger partial charge in [-0.15, -0.1) is 11.3 Å². The summed E-state index contributed by atoms with van der Waals surface area (Å²) in [4.78, 5) is 14.5. The number of hydrogen-bond donors (Lipinski definition) is 1. The molecular weight excluding hydrogens is 435 g/mol. The first-order valence-electron chi connectivity index (χ1n) is 11.2. The van der Waals surface area contributed by atoms with Crippen LogP contribution in [0.5, 0.6) is 0 Å². The fourth-order valence-corrected chi connectivity index (χ4v) is 7.79. The largest absolute Gasteiger partial charge is 0.416 e. The number of nitrogens with one attached hydrogen (secondary N) is 1. The van der Waals surface area contributed by atoms with E-state index in [1.807, 2.05) is 13.0 Å². The number of rotatable bonds is 3. The monoisotopic (exact) mass is 459 g/mol. The van der Waals surface area contributed by atoms with Gasteiger partial charge in [0.25, 0.3) is 5.91 Å². The lowest BCUT2D eigenvalue weighted by Crippen LogP contribution is -2.59. The summed E-state index contributed by atoms with van der Waals surface area (Å²) in [7, 11) is 0. The average molecular weight is 460 g/mol. The predicted molar refractivity (Wildman–Crippen MR) is 117 cm³/mol. The first-order chi connectivity index (χ1) is 15.2. The second-order valence-corrected chi connectivity index (χ2v) is 11.1. The van der Waals surface area contributed by atoms with Crippen LogP contribution in [0, 0.1) is 24.7 Å². The van der Waals surface area contributed by atoms with Gasteiger partial charge in [-0.3, -0.25) is 4.79 Å². The molecule has 168 valence electrons. The van der Waals surface area contributed by atoms with Crippen molar-refractivity contribution in [2.45, 2.75) is 57.2 Å². The minimum Gasteiger partial charge on any atom is -0.346 e. The molecule has 0 radical (unpaired) electrons. The molecule has 4 bridgehead atoms. The van der Waals surface area contributed by atoms with Crippen LogP contribution in [0.15, 0.2) is 30.3 Å². The van der Waals surface area contributed by atoms with E-state index in [1.54, 1.807) is 6.07 Å². The maximum Gasteiger partial charge on any atom is 0.416 e. The summed E-state index contributed by atoms with van der Waals surface area (Å²) in [6.07, 6.45) is 2.74. The van der Waals surface area contributed by atoms with Crippen LogP contribution in [0.1, 0.15) is 59.5 Å². The van der Waals surface area contributed by atoms with E-state index in [1.165, 1.54) is 41.3 Å². The summed E-state index contributed by atoms with van der Waals surface area (Å²) in [6, 6.07) is 6.98. The molecule has 0 aliphatic heterocycles. The molecule has 2 heterocycles. The van der Waals surface area contributed by atoms with Crippen LogP contribution in [0.3, 0.4) is 0 Å². The average Bonchev–Trinajstić information content (AvgIpc) is 3.27. The molecule has 2 aromatic heterocycles. The highest BCUT2D eigenvalue weighted by atomic mass is 32.1. The summed E-state index contributed by atoms with van der Waals surface area (Å²) in [5.74, 6) is 2.14. The zero-order valence-corrected chi connectivity index (χ0v) is 18.5. The predicted octanol–water partition coefficient (Wildman–Crippen LogP) is 6.11. The molecule has 4 saturated carbocycles. The lowest BCUT2D eigenvalue weighted by molar-refractivity contribution is -0.137. The standard InChI is InChI=1S/C24H24F3N3OS/c1-13-19-9-20(21(31)28-23-10-14-5-15(11-23)7-16(6-14)12-23)32-22(19)30(29-13)18-4-2-3-17(8-18)24(25,26)27/h2-4,8-9,14-16H,5-7,10-12H2,1H3,(H,28,31). The number of alkyl halides is 3. The molecule has 0 saturated heterocycles. The van der Waals surface area contributed by atoms with E-state index >= 15 is 0 Å². The van der Waals surface area contributed by atoms with E-state index in [-0.39, 0.29) is 11.4 Å². The lowest BCUT2D eigenvalue weighted by atomic mass is 9.53. The Hall–Kier alpha value is -2.35. The number of carbonyl (C=O) groups excluding carboxylic acids is 1. The van der Waals surface area contributed by atoms with Crippen molar-refractivity contribution in [3.8, 4) is 5.69 Å². The Labute approximate surface area is 187 Å². The number of benzene rings is 1. The molecule has 7 rings (SSSR count). The maximum absolute atomic E-state index is 13.3. The first-order valence-corrected chi connectivity index (χ1v) is 12.0. The van der Waals surface area contributed by atoms with Crippen molar-refractivity contribution in [1.82, 2.24) is 15.1 Å². The van der Waals surface area contributed by atoms with E-state index in [0.717, 1.165) is 54.5 Å². The van der Waals surface area contributed by atoms with Gasteiger partial charge in [-0.25, -0.2) is 4.68 Å². The van der Waals surface area contributed by atoms with Gasteiger partial charge in [-0.05, 0) is 87.5 Å². The molecule has 1 aromatic carbocycles. The van der Waals surface area contributed by atoms with Crippen molar-refractivity contribution in [1.29, 1.82) is 0 Å². The number of hydrogen-bond acceptors (Lipinski definition) is 3. The highest BCUT2D eigenvalue weighted by Crippen LogP contribution is 2.55. The number of halogens is 3. The molecule has 1 amide bonds. The maximum atomic E-state index is 13.3. The van der Waals surface area contributed by atoms with Gasteiger partial charge in [0.15, 0.2) is 0 Å². The van der Waals surface area contributed by atoms with Gasteiger partial charge in [0.05, 0.1) is 21.8 Å². The fraction of sp³-hybridized carbons (Fsp3) is 0.500. The topological polar surface area (TPSA) is 46.9 Å². The molecule has 32 heavy (non-hydrogen) atoms. The van der Waals surface area contributed by atoms with E-state index in [4.69, 9.17) is 0 Å². The molecule has 0 unspecified atom stereocenters. The molecule has 0 atom stereocenters. The number of fused-ring (bicyclic) bond motifs is 1. The second kappa shape index (κ2) is 6.83. The van der Waals surface area contributed by atoms with Crippen LogP contribution in [0.25, 0.3) is 15.9 Å². The van der Waals surface area contributed by atoms with Crippen molar-refractivity contribution in [3.63, 3.8) is 0 Å². The zero-order chi connectivity index (χ0) is 22.3. The van der Waals surface area contributed by atoms with Gasteiger partial charge >= 0.3 is 6.18 Å². The van der Waals surface area contributed by atoms with Gasteiger partial charge < -0.3 is 5.32 Å². The first kappa shape index (κ1) is 20.3. The van der Waals surface area contributed by atoms with Crippen LogP contribution < -0.4 is 5.32 Å². The van der Waals surface area contributed by atoms with Crippen molar-refractivity contribution < 1.29 is 18.0 Å². The Morgan fingerprint density at radius 3 is 2.41 bits per heavy atom. The molecular formula is C24H24F3N3OS. The number of carbonyl (C=O) groups is 1. The number of thiophene rings is 1. The van der Waals surface area contributed by atoms with Gasteiger partial charge in [0.2, 0.25) is 0 Å². The summed E-state index contributed by atoms with van der Waals surface area (Å²) in [5, 5.41) is 8.65. The van der Waals surface area contributed by atoms with Gasteiger partial charge in [0, 0.05) is 10.9 Å². The van der Waals surface area contributed by atoms with Crippen molar-refractivity contribution in [3.05, 3.63) is 46.5 Å². The molecule has 4 aliphatic rings. The van der Waals surface area contributed by atoms with E-state index in [9.17, 15) is 18.0 Å². The number of nitrogens with zero attached hydrogens (tertiary/aromatic N) is 2. The van der Waals surface area contributed by atoms with Gasteiger partial charge in [0.1, 0.15) is 4.83 Å². The quantitative estimate of drug-likeness (QED) is 0.513. The molecule has 4 nitrogen and oxygen atoms in total. The summed E-state index contributed by atoms with van der Waals surface area (Å²) >= 11 is 1.30. The summed E-state index contributed by atoms with van der Waals surface area (Å²) in [6.45, 7) is 1.82. The minimum absolute atomic E-state index is 0.0665. The van der Waals surface area contributed by atoms with Crippen molar-refractivity contribution in [2.24, 2.45) is 17.8 Å². The molecule has 4 aliphatic carbocycles. The van der Waals surface area contributed by atoms with E-state index < -0.39 is 11.7 Å². The summed E-state index contributed by atoms with van der Waals surface area (Å²) < 4.78 is 41.1. The highest BCUT2D eigenvalue weighted by Gasteiger charge is 2.51. The van der Waals surface area contributed by atoms with Crippen molar-refractivity contribution in [2.75, 3.05) is 0 Å². The Morgan fingerprint density at radius 1 is 1.12 bits per heavy atom. The van der Waals surface area contributed by atoms with Crippen molar-refractivity contribution >= 4 is 27.5 Å². The van der Waals surface area contributed by atoms with E-state index in [0.29, 0.717) is 21.1 Å². The summed E-state index contributed by atoms with van der Waals surface area (Å²) in [5.41, 5.74) is 0.243. The Morgan fingerprint density at radius 2 is 1.78 bits per heavy atom. The SMILES string of the molecule is Cc1nn(-c2cccc(C(F)(F)F)c2)c2sc(C(=O)NC34CC5CC(CC(C5)C3)C4)cc12. The lowest BCUT2D eigenvalue weighted by Gasteiger charge is -2.56. The molecule has 8 heteroatoms. The molecule has 4 fully saturated rings. The Kier molecular flexibility index (Phi) is 4.32. The van der Waals surface area contributed by atoms with Gasteiger partial charge in [-0.1, -0.05) is 6.07 Å². The number of aryl methyl sites for hydroxylation is 1. The third-order valence-corrected chi connectivity index (χ3v) is 8.71. The Balaban J connectivity index is 1.32. The number of aromatic nitrogens is 2. The fourth-order valence-electron chi connectivity index (χ4n) is 6.71. The zero-order valence-electron chi connectivity index (χ0n) is 17.7. The highest BCUT2D eigenvalue weighted by molar-refractivity contribution is 7.20. The Bertz CT molecular complexity index is 1190. The van der Waals surface area contributed by atoms with E-state index in [2.05, 4.69) is 10.4 Å². The molecule has 0 spiro atoms. The van der Waals surface area contributed by atoms with Crippen LogP contribution in [-0.2, 0) is 6.18 Å². The third kappa shape index (κ3) is 3.26. The third-order valence-electron chi connectivity index (χ3n) is 7.60. The van der Waals surface area contributed by atoms with Crippen LogP contribution in [0.2, 0.25) is 0 Å².